The van der Waals surface area contributed by atoms with Crippen LogP contribution in [0.15, 0.2) is 35.4 Å². The number of hydrogen-bond acceptors (Lipinski definition) is 3. The minimum atomic E-state index is -0.314. The lowest BCUT2D eigenvalue weighted by molar-refractivity contribution is -0.125. The van der Waals surface area contributed by atoms with Gasteiger partial charge in [0.15, 0.2) is 0 Å². The van der Waals surface area contributed by atoms with Crippen molar-refractivity contribution in [3.8, 4) is 5.75 Å². The first-order valence-electron chi connectivity index (χ1n) is 8.94. The van der Waals surface area contributed by atoms with Gasteiger partial charge in [0.05, 0.1) is 12.5 Å². The summed E-state index contributed by atoms with van der Waals surface area (Å²) >= 11 is 0. The molecule has 0 aromatic heterocycles. The van der Waals surface area contributed by atoms with Crippen molar-refractivity contribution in [2.75, 3.05) is 13.7 Å². The Labute approximate surface area is 143 Å². The van der Waals surface area contributed by atoms with Crippen LogP contribution in [0, 0.1) is 5.41 Å². The molecule has 0 aliphatic heterocycles. The summed E-state index contributed by atoms with van der Waals surface area (Å²) in [5.41, 5.74) is 6.51. The zero-order chi connectivity index (χ0) is 16.7. The standard InChI is InChI=1S/C21H24O3/c1-24-15-4-6-16-14(13-15)3-5-18-17(16)9-11-21(10-2-12-22)19(18)7-8-20(21)23/h4,6-7,13,22H,2-3,5,8-12H2,1H3/t21-/m0/s1. The third-order valence-electron chi connectivity index (χ3n) is 6.08. The van der Waals surface area contributed by atoms with Crippen LogP contribution in [0.25, 0.3) is 5.57 Å². The van der Waals surface area contributed by atoms with E-state index in [4.69, 9.17) is 4.74 Å². The van der Waals surface area contributed by atoms with Crippen molar-refractivity contribution in [2.45, 2.75) is 44.9 Å². The average molecular weight is 324 g/mol. The molecule has 1 aromatic carbocycles. The molecular formula is C21H24O3. The molecule has 3 aliphatic carbocycles. The van der Waals surface area contributed by atoms with Crippen LogP contribution < -0.4 is 4.74 Å². The Morgan fingerprint density at radius 2 is 2.08 bits per heavy atom. The van der Waals surface area contributed by atoms with Gasteiger partial charge in [-0.1, -0.05) is 12.1 Å². The maximum Gasteiger partial charge on any atom is 0.147 e. The maximum absolute atomic E-state index is 12.7. The largest absolute Gasteiger partial charge is 0.497 e. The first kappa shape index (κ1) is 15.6. The third-order valence-corrected chi connectivity index (χ3v) is 6.08. The van der Waals surface area contributed by atoms with Crippen molar-refractivity contribution in [3.05, 3.63) is 46.5 Å². The summed E-state index contributed by atoms with van der Waals surface area (Å²) in [5.74, 6) is 1.28. The average Bonchev–Trinajstić information content (AvgIpc) is 2.96. The van der Waals surface area contributed by atoms with Crippen molar-refractivity contribution >= 4 is 11.4 Å². The van der Waals surface area contributed by atoms with Crippen molar-refractivity contribution < 1.29 is 14.6 Å². The SMILES string of the molecule is COc1ccc2c(c1)CCC1=C2CC[C@]2(CCCO)C(=O)CC=C12. The van der Waals surface area contributed by atoms with E-state index in [1.807, 2.05) is 6.07 Å². The number of aliphatic hydroxyl groups is 1. The molecule has 1 aromatic rings. The Kier molecular flexibility index (Phi) is 3.84. The van der Waals surface area contributed by atoms with E-state index in [1.54, 1.807) is 7.11 Å². The minimum absolute atomic E-state index is 0.164. The lowest BCUT2D eigenvalue weighted by atomic mass is 9.63. The molecule has 1 N–H and O–H groups in total. The zero-order valence-electron chi connectivity index (χ0n) is 14.2. The number of carbonyl (C=O) groups excluding carboxylic acids is 1. The molecule has 24 heavy (non-hydrogen) atoms. The molecular weight excluding hydrogens is 300 g/mol. The number of benzene rings is 1. The van der Waals surface area contributed by atoms with Gasteiger partial charge in [-0.2, -0.15) is 0 Å². The summed E-state index contributed by atoms with van der Waals surface area (Å²) in [4.78, 5) is 12.7. The number of ether oxygens (including phenoxy) is 1. The topological polar surface area (TPSA) is 46.5 Å². The highest BCUT2D eigenvalue weighted by Gasteiger charge is 2.48. The Morgan fingerprint density at radius 1 is 1.21 bits per heavy atom. The lowest BCUT2D eigenvalue weighted by Crippen LogP contribution is -2.34. The van der Waals surface area contributed by atoms with Crippen LogP contribution in [0.3, 0.4) is 0 Å². The fraction of sp³-hybridized carbons (Fsp3) is 0.476. The Morgan fingerprint density at radius 3 is 2.88 bits per heavy atom. The monoisotopic (exact) mass is 324 g/mol. The van der Waals surface area contributed by atoms with Crippen molar-refractivity contribution in [1.82, 2.24) is 0 Å². The number of fused-ring (bicyclic) bond motifs is 4. The van der Waals surface area contributed by atoms with Crippen LogP contribution in [-0.4, -0.2) is 24.6 Å². The van der Waals surface area contributed by atoms with Gasteiger partial charge < -0.3 is 9.84 Å². The Bertz CT molecular complexity index is 756. The number of hydrogen-bond donors (Lipinski definition) is 1. The fourth-order valence-electron chi connectivity index (χ4n) is 4.89. The van der Waals surface area contributed by atoms with E-state index in [-0.39, 0.29) is 12.0 Å². The van der Waals surface area contributed by atoms with E-state index in [0.29, 0.717) is 18.6 Å². The van der Waals surface area contributed by atoms with Gasteiger partial charge in [0.25, 0.3) is 0 Å². The quantitative estimate of drug-likeness (QED) is 0.915. The second-order valence-corrected chi connectivity index (χ2v) is 7.13. The maximum atomic E-state index is 12.7. The molecule has 3 aliphatic rings. The molecule has 0 bridgehead atoms. The highest BCUT2D eigenvalue weighted by Crippen LogP contribution is 2.56. The van der Waals surface area contributed by atoms with Gasteiger partial charge in [-0.05, 0) is 78.5 Å². The normalized spacial score (nSPS) is 25.1. The van der Waals surface area contributed by atoms with Gasteiger partial charge >= 0.3 is 0 Å². The van der Waals surface area contributed by atoms with Gasteiger partial charge in [-0.15, -0.1) is 0 Å². The van der Waals surface area contributed by atoms with E-state index in [1.165, 1.54) is 27.8 Å². The smallest absolute Gasteiger partial charge is 0.147 e. The van der Waals surface area contributed by atoms with Gasteiger partial charge in [0.1, 0.15) is 11.5 Å². The number of allylic oxidation sites excluding steroid dienone is 4. The molecule has 0 spiro atoms. The summed E-state index contributed by atoms with van der Waals surface area (Å²) in [5, 5.41) is 9.26. The number of ketones is 1. The summed E-state index contributed by atoms with van der Waals surface area (Å²) in [6.07, 6.45) is 8.10. The van der Waals surface area contributed by atoms with E-state index in [9.17, 15) is 9.90 Å². The van der Waals surface area contributed by atoms with Crippen molar-refractivity contribution in [1.29, 1.82) is 0 Å². The molecule has 0 saturated carbocycles. The van der Waals surface area contributed by atoms with Gasteiger partial charge in [0, 0.05) is 13.0 Å². The highest BCUT2D eigenvalue weighted by atomic mass is 16.5. The van der Waals surface area contributed by atoms with Crippen molar-refractivity contribution in [3.63, 3.8) is 0 Å². The van der Waals surface area contributed by atoms with E-state index >= 15 is 0 Å². The molecule has 0 saturated heterocycles. The number of carbonyl (C=O) groups is 1. The van der Waals surface area contributed by atoms with Gasteiger partial charge in [-0.25, -0.2) is 0 Å². The molecule has 0 fully saturated rings. The second kappa shape index (κ2) is 5.89. The lowest BCUT2D eigenvalue weighted by Gasteiger charge is -2.40. The first-order chi connectivity index (χ1) is 11.7. The molecule has 1 atom stereocenters. The molecule has 3 nitrogen and oxygen atoms in total. The predicted octanol–water partition coefficient (Wildman–Crippen LogP) is 3.85. The highest BCUT2D eigenvalue weighted by molar-refractivity contribution is 5.97. The number of methoxy groups -OCH3 is 1. The molecule has 0 unspecified atom stereocenters. The van der Waals surface area contributed by atoms with E-state index in [0.717, 1.165) is 37.9 Å². The summed E-state index contributed by atoms with van der Waals surface area (Å²) in [6.45, 7) is 0.164. The van der Waals surface area contributed by atoms with Crippen LogP contribution in [0.1, 0.15) is 49.7 Å². The number of aliphatic hydroxyl groups excluding tert-OH is 1. The molecule has 3 heteroatoms. The number of rotatable bonds is 4. The molecule has 4 rings (SSSR count). The van der Waals surface area contributed by atoms with Crippen LogP contribution in [0.4, 0.5) is 0 Å². The predicted molar refractivity (Wildman–Crippen MR) is 93.9 cm³/mol. The third kappa shape index (κ3) is 2.18. The van der Waals surface area contributed by atoms with E-state index in [2.05, 4.69) is 18.2 Å². The summed E-state index contributed by atoms with van der Waals surface area (Å²) < 4.78 is 5.36. The van der Waals surface area contributed by atoms with Crippen molar-refractivity contribution in [2.24, 2.45) is 5.41 Å². The molecule has 0 amide bonds. The van der Waals surface area contributed by atoms with Crippen LogP contribution in [0.5, 0.6) is 5.75 Å². The Balaban J connectivity index is 1.77. The Hall–Kier alpha value is -1.87. The first-order valence-corrected chi connectivity index (χ1v) is 8.94. The molecule has 126 valence electrons. The number of aryl methyl sites for hydroxylation is 1. The number of Topliss-reactive ketones (excluding diaryl/α,β-unsaturated/α-hetero) is 1. The van der Waals surface area contributed by atoms with Gasteiger partial charge in [-0.3, -0.25) is 4.79 Å². The second-order valence-electron chi connectivity index (χ2n) is 7.13. The summed E-state index contributed by atoms with van der Waals surface area (Å²) in [7, 11) is 1.71. The minimum Gasteiger partial charge on any atom is -0.497 e. The summed E-state index contributed by atoms with van der Waals surface area (Å²) in [6, 6.07) is 6.37. The van der Waals surface area contributed by atoms with Gasteiger partial charge in [0.2, 0.25) is 0 Å². The van der Waals surface area contributed by atoms with Crippen LogP contribution in [0.2, 0.25) is 0 Å². The molecule has 0 radical (unpaired) electrons. The fourth-order valence-corrected chi connectivity index (χ4v) is 4.89. The van der Waals surface area contributed by atoms with E-state index < -0.39 is 0 Å². The van der Waals surface area contributed by atoms with Crippen LogP contribution >= 0.6 is 0 Å². The molecule has 0 heterocycles. The zero-order valence-corrected chi connectivity index (χ0v) is 14.2. The van der Waals surface area contributed by atoms with Crippen LogP contribution in [-0.2, 0) is 11.2 Å².